The van der Waals surface area contributed by atoms with Crippen LogP contribution in [0.2, 0.25) is 0 Å². The van der Waals surface area contributed by atoms with Crippen LogP contribution in [0, 0.1) is 0 Å². The maximum atomic E-state index is 12.5. The van der Waals surface area contributed by atoms with Crippen LogP contribution in [0.15, 0.2) is 58.3 Å². The molecule has 0 heterocycles. The average molecular weight is 364 g/mol. The Morgan fingerprint density at radius 3 is 2.33 bits per heavy atom. The molecule has 1 atom stereocenters. The third-order valence-electron chi connectivity index (χ3n) is 3.59. The van der Waals surface area contributed by atoms with Crippen molar-refractivity contribution in [1.29, 1.82) is 0 Å². The minimum absolute atomic E-state index is 0.133. The summed E-state index contributed by atoms with van der Waals surface area (Å²) in [6, 6.07) is 13.9. The lowest BCUT2D eigenvalue weighted by molar-refractivity contribution is 0.0937. The predicted octanol–water partition coefficient (Wildman–Crippen LogP) is 3.69. The molecule has 1 N–H and O–H groups in total. The fraction of sp³-hybridized carbons (Fsp3) is 0.278. The predicted molar refractivity (Wildman–Crippen MR) is 98.3 cm³/mol. The van der Waals surface area contributed by atoms with E-state index in [1.807, 2.05) is 38.1 Å². The first-order valence-corrected chi connectivity index (χ1v) is 10.5. The van der Waals surface area contributed by atoms with Crippen LogP contribution in [0.1, 0.15) is 35.8 Å². The monoisotopic (exact) mass is 363 g/mol. The Kier molecular flexibility index (Phi) is 6.07. The number of sulfone groups is 1. The smallest absolute Gasteiger partial charge is 0.252 e. The first kappa shape index (κ1) is 18.5. The zero-order valence-corrected chi connectivity index (χ0v) is 15.6. The van der Waals surface area contributed by atoms with Crippen molar-refractivity contribution in [2.45, 2.75) is 29.7 Å². The highest BCUT2D eigenvalue weighted by atomic mass is 32.2. The second kappa shape index (κ2) is 7.85. The molecule has 0 spiro atoms. The summed E-state index contributed by atoms with van der Waals surface area (Å²) in [5.41, 5.74) is 1.51. The molecule has 1 amide bonds. The Bertz CT molecular complexity index is 814. The SMILES string of the molecule is CCSc1ccccc1C(=O)N[C@@H](C)c1ccc(S(C)(=O)=O)cc1. The highest BCUT2D eigenvalue weighted by Gasteiger charge is 2.15. The van der Waals surface area contributed by atoms with Crippen LogP contribution in [-0.4, -0.2) is 26.3 Å². The number of hydrogen-bond donors (Lipinski definition) is 1. The molecule has 0 aromatic heterocycles. The van der Waals surface area contributed by atoms with Crippen LogP contribution in [0.4, 0.5) is 0 Å². The maximum Gasteiger partial charge on any atom is 0.252 e. The molecule has 2 aromatic carbocycles. The van der Waals surface area contributed by atoms with E-state index in [1.165, 1.54) is 6.26 Å². The Labute approximate surface area is 147 Å². The molecule has 0 bridgehead atoms. The molecule has 2 rings (SSSR count). The largest absolute Gasteiger partial charge is 0.345 e. The average Bonchev–Trinajstić information content (AvgIpc) is 2.55. The number of hydrogen-bond acceptors (Lipinski definition) is 4. The van der Waals surface area contributed by atoms with Crippen LogP contribution in [-0.2, 0) is 9.84 Å². The summed E-state index contributed by atoms with van der Waals surface area (Å²) in [5.74, 6) is 0.763. The Hall–Kier alpha value is -1.79. The van der Waals surface area contributed by atoms with E-state index in [0.29, 0.717) is 5.56 Å². The van der Waals surface area contributed by atoms with E-state index in [2.05, 4.69) is 5.32 Å². The summed E-state index contributed by atoms with van der Waals surface area (Å²) in [4.78, 5) is 13.8. The number of benzene rings is 2. The Morgan fingerprint density at radius 1 is 1.12 bits per heavy atom. The van der Waals surface area contributed by atoms with E-state index in [-0.39, 0.29) is 16.8 Å². The van der Waals surface area contributed by atoms with Crippen molar-refractivity contribution in [3.8, 4) is 0 Å². The van der Waals surface area contributed by atoms with Crippen molar-refractivity contribution in [3.63, 3.8) is 0 Å². The lowest BCUT2D eigenvalue weighted by atomic mass is 10.1. The summed E-state index contributed by atoms with van der Waals surface area (Å²) in [6.07, 6.45) is 1.18. The van der Waals surface area contributed by atoms with Crippen LogP contribution in [0.3, 0.4) is 0 Å². The van der Waals surface area contributed by atoms with Gasteiger partial charge in [-0.1, -0.05) is 31.2 Å². The van der Waals surface area contributed by atoms with Crippen molar-refractivity contribution in [1.82, 2.24) is 5.32 Å². The van der Waals surface area contributed by atoms with Gasteiger partial charge in [-0.3, -0.25) is 4.79 Å². The van der Waals surface area contributed by atoms with Gasteiger partial charge in [0, 0.05) is 11.2 Å². The summed E-state index contributed by atoms with van der Waals surface area (Å²) < 4.78 is 23.0. The molecule has 4 nitrogen and oxygen atoms in total. The van der Waals surface area contributed by atoms with Crippen LogP contribution in [0.5, 0.6) is 0 Å². The zero-order chi connectivity index (χ0) is 17.7. The molecule has 0 unspecified atom stereocenters. The normalized spacial score (nSPS) is 12.6. The molecular formula is C18H21NO3S2. The van der Waals surface area contributed by atoms with Crippen LogP contribution < -0.4 is 5.32 Å². The highest BCUT2D eigenvalue weighted by molar-refractivity contribution is 7.99. The highest BCUT2D eigenvalue weighted by Crippen LogP contribution is 2.23. The van der Waals surface area contributed by atoms with Gasteiger partial charge in [-0.25, -0.2) is 8.42 Å². The molecule has 0 fully saturated rings. The summed E-state index contributed by atoms with van der Waals surface area (Å²) in [5, 5.41) is 2.97. The van der Waals surface area contributed by atoms with E-state index < -0.39 is 9.84 Å². The van der Waals surface area contributed by atoms with E-state index >= 15 is 0 Å². The number of thioether (sulfide) groups is 1. The molecule has 0 aliphatic rings. The molecule has 0 saturated heterocycles. The Morgan fingerprint density at radius 2 is 1.75 bits per heavy atom. The summed E-state index contributed by atoms with van der Waals surface area (Å²) >= 11 is 1.63. The molecule has 0 aliphatic heterocycles. The van der Waals surface area contributed by atoms with Crippen molar-refractivity contribution >= 4 is 27.5 Å². The number of amides is 1. The molecule has 0 saturated carbocycles. The fourth-order valence-corrected chi connectivity index (χ4v) is 3.73. The van der Waals surface area contributed by atoms with Gasteiger partial charge in [-0.15, -0.1) is 11.8 Å². The van der Waals surface area contributed by atoms with Gasteiger partial charge in [0.05, 0.1) is 16.5 Å². The van der Waals surface area contributed by atoms with Gasteiger partial charge in [-0.05, 0) is 42.5 Å². The van der Waals surface area contributed by atoms with E-state index in [9.17, 15) is 13.2 Å². The van der Waals surface area contributed by atoms with E-state index in [4.69, 9.17) is 0 Å². The number of carbonyl (C=O) groups excluding carboxylic acids is 1. The number of rotatable bonds is 6. The van der Waals surface area contributed by atoms with Crippen LogP contribution >= 0.6 is 11.8 Å². The van der Waals surface area contributed by atoms with Gasteiger partial charge in [0.15, 0.2) is 9.84 Å². The standard InChI is InChI=1S/C18H21NO3S2/c1-4-23-17-8-6-5-7-16(17)18(20)19-13(2)14-9-11-15(12-10-14)24(3,21)22/h5-13H,4H2,1-3H3,(H,19,20)/t13-/m0/s1. The lowest BCUT2D eigenvalue weighted by Crippen LogP contribution is -2.27. The topological polar surface area (TPSA) is 63.2 Å². The molecule has 0 aliphatic carbocycles. The van der Waals surface area contributed by atoms with E-state index in [0.717, 1.165) is 16.2 Å². The van der Waals surface area contributed by atoms with Crippen LogP contribution in [0.25, 0.3) is 0 Å². The Balaban J connectivity index is 2.14. The van der Waals surface area contributed by atoms with Gasteiger partial charge in [0.2, 0.25) is 0 Å². The van der Waals surface area contributed by atoms with Crippen molar-refractivity contribution in [2.24, 2.45) is 0 Å². The minimum Gasteiger partial charge on any atom is -0.345 e. The first-order chi connectivity index (χ1) is 11.3. The fourth-order valence-electron chi connectivity index (χ4n) is 2.30. The number of nitrogens with one attached hydrogen (secondary N) is 1. The second-order valence-corrected chi connectivity index (χ2v) is 8.79. The molecule has 2 aromatic rings. The second-order valence-electron chi connectivity index (χ2n) is 5.47. The molecular weight excluding hydrogens is 342 g/mol. The van der Waals surface area contributed by atoms with Gasteiger partial charge < -0.3 is 5.32 Å². The van der Waals surface area contributed by atoms with Gasteiger partial charge >= 0.3 is 0 Å². The minimum atomic E-state index is -3.21. The van der Waals surface area contributed by atoms with Gasteiger partial charge in [0.25, 0.3) is 5.91 Å². The van der Waals surface area contributed by atoms with Crippen molar-refractivity contribution < 1.29 is 13.2 Å². The van der Waals surface area contributed by atoms with Crippen molar-refractivity contribution in [3.05, 3.63) is 59.7 Å². The van der Waals surface area contributed by atoms with Gasteiger partial charge in [0.1, 0.15) is 0 Å². The lowest BCUT2D eigenvalue weighted by Gasteiger charge is -2.16. The zero-order valence-electron chi connectivity index (χ0n) is 13.9. The molecule has 24 heavy (non-hydrogen) atoms. The molecule has 6 heteroatoms. The number of carbonyl (C=O) groups is 1. The molecule has 0 radical (unpaired) electrons. The van der Waals surface area contributed by atoms with E-state index in [1.54, 1.807) is 36.0 Å². The summed E-state index contributed by atoms with van der Waals surface area (Å²) in [7, 11) is -3.21. The third kappa shape index (κ3) is 4.61. The first-order valence-electron chi connectivity index (χ1n) is 7.65. The summed E-state index contributed by atoms with van der Waals surface area (Å²) in [6.45, 7) is 3.92. The van der Waals surface area contributed by atoms with Gasteiger partial charge in [-0.2, -0.15) is 0 Å². The molecule has 128 valence electrons. The third-order valence-corrected chi connectivity index (χ3v) is 5.67. The van der Waals surface area contributed by atoms with Crippen molar-refractivity contribution in [2.75, 3.05) is 12.0 Å². The maximum absolute atomic E-state index is 12.5. The quantitative estimate of drug-likeness (QED) is 0.795.